The van der Waals surface area contributed by atoms with Crippen molar-refractivity contribution in [2.45, 2.75) is 13.0 Å². The first-order chi connectivity index (χ1) is 8.04. The summed E-state index contributed by atoms with van der Waals surface area (Å²) in [6, 6.07) is 10.4. The van der Waals surface area contributed by atoms with Gasteiger partial charge in [0.2, 0.25) is 10.0 Å². The Balaban J connectivity index is 2.36. The van der Waals surface area contributed by atoms with Gasteiger partial charge in [0.1, 0.15) is 6.04 Å². The number of hydrogen-bond donors (Lipinski definition) is 0. The number of sulfonamides is 1. The van der Waals surface area contributed by atoms with Crippen LogP contribution in [0.1, 0.15) is 18.5 Å². The van der Waals surface area contributed by atoms with Crippen LogP contribution < -0.4 is 0 Å². The smallest absolute Gasteiger partial charge is 0.212 e. The summed E-state index contributed by atoms with van der Waals surface area (Å²) in [7, 11) is -3.28. The SMILES string of the molecule is CC1CN(C(C#N)c2ccccc2)S(=O)(=O)C1. The van der Waals surface area contributed by atoms with E-state index in [0.717, 1.165) is 5.56 Å². The standard InChI is InChI=1S/C12H14N2O2S/c1-10-8-14(17(15,16)9-10)12(7-13)11-5-3-2-4-6-11/h2-6,10,12H,8-9H2,1H3. The predicted molar refractivity (Wildman–Crippen MR) is 64.5 cm³/mol. The minimum Gasteiger partial charge on any atom is -0.212 e. The van der Waals surface area contributed by atoms with Crippen molar-refractivity contribution in [1.29, 1.82) is 5.26 Å². The van der Waals surface area contributed by atoms with E-state index in [1.165, 1.54) is 4.31 Å². The van der Waals surface area contributed by atoms with E-state index in [9.17, 15) is 13.7 Å². The average molecular weight is 250 g/mol. The molecule has 1 aromatic carbocycles. The van der Waals surface area contributed by atoms with Crippen molar-refractivity contribution in [3.8, 4) is 6.07 Å². The van der Waals surface area contributed by atoms with Gasteiger partial charge in [0.25, 0.3) is 0 Å². The molecule has 2 rings (SSSR count). The van der Waals surface area contributed by atoms with Crippen molar-refractivity contribution < 1.29 is 8.42 Å². The van der Waals surface area contributed by atoms with Gasteiger partial charge in [0.05, 0.1) is 11.8 Å². The van der Waals surface area contributed by atoms with Gasteiger partial charge < -0.3 is 0 Å². The van der Waals surface area contributed by atoms with Gasteiger partial charge in [-0.25, -0.2) is 8.42 Å². The molecule has 1 heterocycles. The Morgan fingerprint density at radius 1 is 1.41 bits per heavy atom. The molecule has 0 saturated carbocycles. The normalized spacial score (nSPS) is 25.3. The van der Waals surface area contributed by atoms with Crippen LogP contribution in [0, 0.1) is 17.2 Å². The highest BCUT2D eigenvalue weighted by molar-refractivity contribution is 7.89. The summed E-state index contributed by atoms with van der Waals surface area (Å²) in [5.41, 5.74) is 0.729. The lowest BCUT2D eigenvalue weighted by molar-refractivity contribution is 0.375. The molecule has 0 amide bonds. The zero-order valence-corrected chi connectivity index (χ0v) is 10.4. The molecule has 1 fully saturated rings. The maximum atomic E-state index is 11.9. The van der Waals surface area contributed by atoms with E-state index >= 15 is 0 Å². The first-order valence-corrected chi connectivity index (χ1v) is 7.09. The first kappa shape index (κ1) is 12.1. The highest BCUT2D eigenvalue weighted by Gasteiger charge is 2.39. The maximum absolute atomic E-state index is 11.9. The molecular weight excluding hydrogens is 236 g/mol. The van der Waals surface area contributed by atoms with Crippen molar-refractivity contribution in [2.24, 2.45) is 5.92 Å². The second-order valence-corrected chi connectivity index (χ2v) is 6.36. The predicted octanol–water partition coefficient (Wildman–Crippen LogP) is 1.53. The van der Waals surface area contributed by atoms with Crippen molar-refractivity contribution in [3.05, 3.63) is 35.9 Å². The number of nitriles is 1. The molecule has 0 radical (unpaired) electrons. The molecule has 0 N–H and O–H groups in total. The maximum Gasteiger partial charge on any atom is 0.215 e. The fraction of sp³-hybridized carbons (Fsp3) is 0.417. The molecule has 2 atom stereocenters. The van der Waals surface area contributed by atoms with Gasteiger partial charge in [0.15, 0.2) is 0 Å². The summed E-state index contributed by atoms with van der Waals surface area (Å²) in [5.74, 6) is 0.220. The van der Waals surface area contributed by atoms with E-state index in [1.54, 1.807) is 12.1 Å². The van der Waals surface area contributed by atoms with Crippen molar-refractivity contribution in [1.82, 2.24) is 4.31 Å². The molecule has 2 unspecified atom stereocenters. The van der Waals surface area contributed by atoms with Gasteiger partial charge in [-0.15, -0.1) is 0 Å². The molecular formula is C12H14N2O2S. The molecule has 90 valence electrons. The van der Waals surface area contributed by atoms with Crippen LogP contribution in [0.3, 0.4) is 0 Å². The number of benzene rings is 1. The molecule has 4 nitrogen and oxygen atoms in total. The largest absolute Gasteiger partial charge is 0.215 e. The van der Waals surface area contributed by atoms with Crippen LogP contribution in [-0.2, 0) is 10.0 Å². The summed E-state index contributed by atoms with van der Waals surface area (Å²) in [4.78, 5) is 0. The molecule has 1 aromatic rings. The molecule has 1 aliphatic heterocycles. The van der Waals surface area contributed by atoms with E-state index in [0.29, 0.717) is 6.54 Å². The second kappa shape index (κ2) is 4.47. The summed E-state index contributed by atoms with van der Waals surface area (Å²) >= 11 is 0. The van der Waals surface area contributed by atoms with Crippen LogP contribution in [-0.4, -0.2) is 25.0 Å². The Hall–Kier alpha value is -1.38. The molecule has 5 heteroatoms. The van der Waals surface area contributed by atoms with Gasteiger partial charge in [-0.05, 0) is 11.5 Å². The average Bonchev–Trinajstić information content (AvgIpc) is 2.55. The molecule has 0 aromatic heterocycles. The third-order valence-electron chi connectivity index (χ3n) is 2.87. The lowest BCUT2D eigenvalue weighted by Crippen LogP contribution is -2.29. The monoisotopic (exact) mass is 250 g/mol. The second-order valence-electron chi connectivity index (χ2n) is 4.40. The molecule has 1 saturated heterocycles. The van der Waals surface area contributed by atoms with E-state index in [1.807, 2.05) is 25.1 Å². The fourth-order valence-corrected chi connectivity index (χ4v) is 4.12. The highest BCUT2D eigenvalue weighted by Crippen LogP contribution is 2.29. The molecule has 0 bridgehead atoms. The van der Waals surface area contributed by atoms with Crippen molar-refractivity contribution in [3.63, 3.8) is 0 Å². The number of hydrogen-bond acceptors (Lipinski definition) is 3. The van der Waals surface area contributed by atoms with E-state index in [2.05, 4.69) is 6.07 Å². The van der Waals surface area contributed by atoms with Gasteiger partial charge in [-0.1, -0.05) is 37.3 Å². The summed E-state index contributed by atoms with van der Waals surface area (Å²) in [5, 5.41) is 9.20. The lowest BCUT2D eigenvalue weighted by atomic mass is 10.1. The number of nitrogens with zero attached hydrogens (tertiary/aromatic N) is 2. The molecule has 1 aliphatic rings. The van der Waals surface area contributed by atoms with Crippen LogP contribution in [0.2, 0.25) is 0 Å². The van der Waals surface area contributed by atoms with Crippen LogP contribution in [0.25, 0.3) is 0 Å². The van der Waals surface area contributed by atoms with Crippen LogP contribution in [0.4, 0.5) is 0 Å². The highest BCUT2D eigenvalue weighted by atomic mass is 32.2. The fourth-order valence-electron chi connectivity index (χ4n) is 2.14. The minimum absolute atomic E-state index is 0.0829. The molecule has 0 aliphatic carbocycles. The van der Waals surface area contributed by atoms with Gasteiger partial charge in [-0.2, -0.15) is 9.57 Å². The van der Waals surface area contributed by atoms with E-state index in [4.69, 9.17) is 0 Å². The van der Waals surface area contributed by atoms with Crippen LogP contribution in [0.15, 0.2) is 30.3 Å². The topological polar surface area (TPSA) is 61.2 Å². The Morgan fingerprint density at radius 3 is 2.53 bits per heavy atom. The summed E-state index contributed by atoms with van der Waals surface area (Å²) in [6.07, 6.45) is 0. The Morgan fingerprint density at radius 2 is 2.06 bits per heavy atom. The zero-order chi connectivity index (χ0) is 12.5. The third-order valence-corrected chi connectivity index (χ3v) is 4.93. The molecule has 17 heavy (non-hydrogen) atoms. The summed E-state index contributed by atoms with van der Waals surface area (Å²) < 4.78 is 25.2. The minimum atomic E-state index is -3.28. The summed E-state index contributed by atoms with van der Waals surface area (Å²) in [6.45, 7) is 2.31. The Bertz CT molecular complexity index is 533. The van der Waals surface area contributed by atoms with Gasteiger partial charge >= 0.3 is 0 Å². The van der Waals surface area contributed by atoms with Gasteiger partial charge in [0, 0.05) is 6.54 Å². The Kier molecular flexibility index (Phi) is 3.18. The zero-order valence-electron chi connectivity index (χ0n) is 9.57. The van der Waals surface area contributed by atoms with Crippen LogP contribution >= 0.6 is 0 Å². The van der Waals surface area contributed by atoms with Crippen molar-refractivity contribution in [2.75, 3.05) is 12.3 Å². The number of rotatable bonds is 2. The third kappa shape index (κ3) is 2.33. The van der Waals surface area contributed by atoms with E-state index in [-0.39, 0.29) is 11.7 Å². The Labute approximate surface area is 102 Å². The quantitative estimate of drug-likeness (QED) is 0.799. The lowest BCUT2D eigenvalue weighted by Gasteiger charge is -2.20. The van der Waals surface area contributed by atoms with Crippen molar-refractivity contribution >= 4 is 10.0 Å². The van der Waals surface area contributed by atoms with Gasteiger partial charge in [-0.3, -0.25) is 0 Å². The first-order valence-electron chi connectivity index (χ1n) is 5.48. The molecule has 0 spiro atoms. The van der Waals surface area contributed by atoms with E-state index < -0.39 is 16.1 Å². The van der Waals surface area contributed by atoms with Crippen LogP contribution in [0.5, 0.6) is 0 Å².